The van der Waals surface area contributed by atoms with Crippen LogP contribution in [0.15, 0.2) is 42.6 Å². The van der Waals surface area contributed by atoms with Crippen LogP contribution in [0.4, 0.5) is 0 Å². The monoisotopic (exact) mass is 328 g/mol. The summed E-state index contributed by atoms with van der Waals surface area (Å²) < 4.78 is 4.81. The summed E-state index contributed by atoms with van der Waals surface area (Å²) in [6.07, 6.45) is 6.24. The first-order valence-corrected chi connectivity index (χ1v) is 7.93. The van der Waals surface area contributed by atoms with Gasteiger partial charge in [0.1, 0.15) is 0 Å². The minimum atomic E-state index is -0.744. The minimum absolute atomic E-state index is 0.111. The van der Waals surface area contributed by atoms with Gasteiger partial charge in [-0.1, -0.05) is 30.4 Å². The Morgan fingerprint density at radius 1 is 1.33 bits per heavy atom. The molecular weight excluding hydrogens is 304 g/mol. The number of nitrogens with one attached hydrogen (secondary N) is 2. The van der Waals surface area contributed by atoms with Crippen LogP contribution in [0, 0.1) is 5.41 Å². The molecular formula is C19H24N2O3. The van der Waals surface area contributed by atoms with E-state index in [0.29, 0.717) is 6.42 Å². The van der Waals surface area contributed by atoms with E-state index in [4.69, 9.17) is 4.74 Å². The lowest BCUT2D eigenvalue weighted by molar-refractivity contribution is -0.148. The number of H-pyrrole nitrogens is 1. The number of fused-ring (bicyclic) bond motifs is 1. The molecule has 5 heteroatoms. The van der Waals surface area contributed by atoms with Gasteiger partial charge >= 0.3 is 5.97 Å². The second-order valence-electron chi connectivity index (χ2n) is 6.44. The van der Waals surface area contributed by atoms with E-state index in [1.54, 1.807) is 19.9 Å². The highest BCUT2D eigenvalue weighted by Crippen LogP contribution is 2.22. The van der Waals surface area contributed by atoms with Crippen LogP contribution in [0.5, 0.6) is 0 Å². The lowest BCUT2D eigenvalue weighted by atomic mass is 9.91. The van der Waals surface area contributed by atoms with E-state index in [9.17, 15) is 9.59 Å². The Kier molecular flexibility index (Phi) is 5.44. The van der Waals surface area contributed by atoms with Gasteiger partial charge in [0.05, 0.1) is 18.6 Å². The third-order valence-electron chi connectivity index (χ3n) is 3.96. The van der Waals surface area contributed by atoms with E-state index >= 15 is 0 Å². The number of ether oxygens (including phenoxy) is 1. The highest BCUT2D eigenvalue weighted by molar-refractivity contribution is 5.83. The standard InChI is InChI=1S/C19H24N2O3/c1-13(22)21-15(9-10-19(2,3)18(23)24-4)11-14-12-20-17-8-6-5-7-16(14)17/h5-10,12,15,20H,11H2,1-4H3,(H,21,22). The maximum Gasteiger partial charge on any atom is 0.315 e. The summed E-state index contributed by atoms with van der Waals surface area (Å²) in [5, 5.41) is 4.05. The van der Waals surface area contributed by atoms with Crippen LogP contribution in [-0.4, -0.2) is 30.0 Å². The maximum atomic E-state index is 11.8. The van der Waals surface area contributed by atoms with E-state index < -0.39 is 5.41 Å². The zero-order chi connectivity index (χ0) is 17.7. The summed E-state index contributed by atoms with van der Waals surface area (Å²) in [6, 6.07) is 7.83. The zero-order valence-electron chi connectivity index (χ0n) is 14.6. The molecule has 2 rings (SSSR count). The lowest BCUT2D eigenvalue weighted by Gasteiger charge is -2.19. The molecule has 0 saturated heterocycles. The highest BCUT2D eigenvalue weighted by atomic mass is 16.5. The topological polar surface area (TPSA) is 71.2 Å². The number of aromatic amines is 1. The van der Waals surface area contributed by atoms with Crippen molar-refractivity contribution in [2.24, 2.45) is 5.41 Å². The number of rotatable bonds is 6. The van der Waals surface area contributed by atoms with Crippen LogP contribution < -0.4 is 5.32 Å². The van der Waals surface area contributed by atoms with E-state index in [2.05, 4.69) is 10.3 Å². The molecule has 1 atom stereocenters. The van der Waals surface area contributed by atoms with E-state index in [1.807, 2.05) is 36.5 Å². The van der Waals surface area contributed by atoms with Crippen LogP contribution >= 0.6 is 0 Å². The number of esters is 1. The van der Waals surface area contributed by atoms with Crippen molar-refractivity contribution in [3.8, 4) is 0 Å². The predicted octanol–water partition coefficient (Wildman–Crippen LogP) is 2.97. The van der Waals surface area contributed by atoms with Crippen LogP contribution in [0.1, 0.15) is 26.3 Å². The smallest absolute Gasteiger partial charge is 0.315 e. The molecule has 24 heavy (non-hydrogen) atoms. The van der Waals surface area contributed by atoms with E-state index in [1.165, 1.54) is 14.0 Å². The highest BCUT2D eigenvalue weighted by Gasteiger charge is 2.25. The quantitative estimate of drug-likeness (QED) is 0.632. The van der Waals surface area contributed by atoms with Crippen molar-refractivity contribution >= 4 is 22.8 Å². The number of hydrogen-bond donors (Lipinski definition) is 2. The fourth-order valence-corrected chi connectivity index (χ4v) is 2.65. The average molecular weight is 328 g/mol. The van der Waals surface area contributed by atoms with Crippen molar-refractivity contribution in [2.75, 3.05) is 7.11 Å². The van der Waals surface area contributed by atoms with Gasteiger partial charge in [-0.05, 0) is 31.9 Å². The molecule has 0 aliphatic rings. The summed E-state index contributed by atoms with van der Waals surface area (Å²) in [6.45, 7) is 5.05. The Hall–Kier alpha value is -2.56. The Morgan fingerprint density at radius 3 is 2.71 bits per heavy atom. The molecule has 0 bridgehead atoms. The molecule has 1 heterocycles. The fraction of sp³-hybridized carbons (Fsp3) is 0.368. The summed E-state index contributed by atoms with van der Waals surface area (Å²) >= 11 is 0. The summed E-state index contributed by atoms with van der Waals surface area (Å²) in [7, 11) is 1.37. The Labute approximate surface area is 142 Å². The lowest BCUT2D eigenvalue weighted by Crippen LogP contribution is -2.34. The van der Waals surface area contributed by atoms with Gasteiger partial charge in [-0.2, -0.15) is 0 Å². The molecule has 0 spiro atoms. The molecule has 0 aliphatic carbocycles. The molecule has 0 fully saturated rings. The first kappa shape index (κ1) is 17.8. The van der Waals surface area contributed by atoms with Gasteiger partial charge in [0.25, 0.3) is 0 Å². The van der Waals surface area contributed by atoms with Gasteiger partial charge in [0.15, 0.2) is 0 Å². The van der Waals surface area contributed by atoms with E-state index in [0.717, 1.165) is 16.5 Å². The predicted molar refractivity (Wildman–Crippen MR) is 94.5 cm³/mol. The normalized spacial score (nSPS) is 13.2. The summed E-state index contributed by atoms with van der Waals surface area (Å²) in [5.74, 6) is -0.423. The molecule has 1 aromatic heterocycles. The summed E-state index contributed by atoms with van der Waals surface area (Å²) in [4.78, 5) is 26.5. The van der Waals surface area contributed by atoms with Gasteiger partial charge in [-0.15, -0.1) is 0 Å². The third kappa shape index (κ3) is 4.25. The SMILES string of the molecule is COC(=O)C(C)(C)C=CC(Cc1c[nH]c2ccccc12)NC(C)=O. The van der Waals surface area contributed by atoms with E-state index in [-0.39, 0.29) is 17.9 Å². The number of carbonyl (C=O) groups is 2. The fourth-order valence-electron chi connectivity index (χ4n) is 2.65. The molecule has 0 saturated carbocycles. The third-order valence-corrected chi connectivity index (χ3v) is 3.96. The Bertz CT molecular complexity index is 759. The molecule has 0 aliphatic heterocycles. The van der Waals surface area contributed by atoms with Crippen molar-refractivity contribution in [3.05, 3.63) is 48.2 Å². The van der Waals surface area contributed by atoms with Crippen LogP contribution in [-0.2, 0) is 20.7 Å². The molecule has 128 valence electrons. The van der Waals surface area contributed by atoms with Crippen molar-refractivity contribution in [1.82, 2.24) is 10.3 Å². The molecule has 2 aromatic rings. The Balaban J connectivity index is 2.22. The molecule has 2 N–H and O–H groups in total. The summed E-state index contributed by atoms with van der Waals surface area (Å²) in [5.41, 5.74) is 1.43. The van der Waals surface area contributed by atoms with Crippen molar-refractivity contribution in [3.63, 3.8) is 0 Å². The van der Waals surface area contributed by atoms with Gasteiger partial charge in [-0.3, -0.25) is 9.59 Å². The first-order valence-electron chi connectivity index (χ1n) is 7.93. The minimum Gasteiger partial charge on any atom is -0.468 e. The second-order valence-corrected chi connectivity index (χ2v) is 6.44. The van der Waals surface area contributed by atoms with Crippen LogP contribution in [0.2, 0.25) is 0 Å². The van der Waals surface area contributed by atoms with Crippen molar-refractivity contribution in [2.45, 2.75) is 33.2 Å². The second kappa shape index (κ2) is 7.34. The van der Waals surface area contributed by atoms with Gasteiger partial charge in [-0.25, -0.2) is 0 Å². The number of para-hydroxylation sites is 1. The van der Waals surface area contributed by atoms with Gasteiger partial charge in [0, 0.05) is 24.0 Å². The van der Waals surface area contributed by atoms with Gasteiger partial charge in [0.2, 0.25) is 5.91 Å². The van der Waals surface area contributed by atoms with Gasteiger partial charge < -0.3 is 15.0 Å². The number of carbonyl (C=O) groups excluding carboxylic acids is 2. The molecule has 1 amide bonds. The number of amides is 1. The number of methoxy groups -OCH3 is 1. The zero-order valence-corrected chi connectivity index (χ0v) is 14.6. The average Bonchev–Trinajstić information content (AvgIpc) is 2.94. The molecule has 5 nitrogen and oxygen atoms in total. The number of hydrogen-bond acceptors (Lipinski definition) is 3. The maximum absolute atomic E-state index is 11.8. The molecule has 0 radical (unpaired) electrons. The van der Waals surface area contributed by atoms with Crippen molar-refractivity contribution < 1.29 is 14.3 Å². The number of benzene rings is 1. The first-order chi connectivity index (χ1) is 11.3. The molecule has 1 unspecified atom stereocenters. The molecule has 1 aromatic carbocycles. The van der Waals surface area contributed by atoms with Crippen LogP contribution in [0.3, 0.4) is 0 Å². The largest absolute Gasteiger partial charge is 0.468 e. The van der Waals surface area contributed by atoms with Crippen molar-refractivity contribution in [1.29, 1.82) is 0 Å². The van der Waals surface area contributed by atoms with Crippen LogP contribution in [0.25, 0.3) is 10.9 Å². The Morgan fingerprint density at radius 2 is 2.04 bits per heavy atom. The number of aromatic nitrogens is 1.